The summed E-state index contributed by atoms with van der Waals surface area (Å²) < 4.78 is 49.6. The third-order valence-corrected chi connectivity index (χ3v) is 11.4. The van der Waals surface area contributed by atoms with Crippen molar-refractivity contribution in [3.63, 3.8) is 0 Å². The van der Waals surface area contributed by atoms with E-state index in [1.54, 1.807) is 0 Å². The van der Waals surface area contributed by atoms with Crippen LogP contribution in [0.25, 0.3) is 0 Å². The SMILES string of the molecule is N[C@H]1[C@H](OC[C@H](O)[C@H]2O[C@H](O[C@H]3[C@H](O[C@H]4O[C@H]([C@@H](O)CO)[C@@H](O)[C@H](O[C@H]5O[C@H](CO)[C@@H](O)[C@H](O)[C@H]5O)[C@@H]4O)[C@H](O)[C@@H](O)O[C@@H]3[C@@H](O)CO)[C@@H](O)[C@@H](O)[C@@H]2O)O[C@H](CO)[C@@H](O)[C@@H]1O. The van der Waals surface area contributed by atoms with Gasteiger partial charge in [-0.05, 0) is 0 Å². The van der Waals surface area contributed by atoms with E-state index in [0.29, 0.717) is 0 Å². The molecule has 29 heteroatoms. The summed E-state index contributed by atoms with van der Waals surface area (Å²) in [4.78, 5) is 0. The number of ether oxygens (including phenoxy) is 9. The van der Waals surface area contributed by atoms with Gasteiger partial charge < -0.3 is 145 Å². The lowest BCUT2D eigenvalue weighted by Gasteiger charge is -2.50. The zero-order valence-electron chi connectivity index (χ0n) is 32.4. The summed E-state index contributed by atoms with van der Waals surface area (Å²) in [6, 6.07) is -1.42. The van der Waals surface area contributed by atoms with Crippen molar-refractivity contribution in [3.8, 4) is 0 Å². The number of hydrogen-bond donors (Lipinski definition) is 20. The second kappa shape index (κ2) is 22.1. The van der Waals surface area contributed by atoms with Crippen LogP contribution in [0.3, 0.4) is 0 Å². The average Bonchev–Trinajstić information content (AvgIpc) is 3.26. The van der Waals surface area contributed by atoms with E-state index in [4.69, 9.17) is 48.4 Å². The van der Waals surface area contributed by atoms with E-state index in [2.05, 4.69) is 0 Å². The normalized spacial score (nSPS) is 50.8. The lowest BCUT2D eigenvalue weighted by Crippen LogP contribution is -2.69. The van der Waals surface area contributed by atoms with Crippen LogP contribution in [0.1, 0.15) is 0 Å². The lowest BCUT2D eigenvalue weighted by molar-refractivity contribution is -0.400. The first-order valence-corrected chi connectivity index (χ1v) is 19.5. The van der Waals surface area contributed by atoms with Crippen LogP contribution < -0.4 is 5.73 Å². The monoisotopic (exact) mass is 917 g/mol. The number of rotatable bonds is 16. The Morgan fingerprint density at radius 2 is 0.855 bits per heavy atom. The van der Waals surface area contributed by atoms with E-state index in [1.165, 1.54) is 0 Å². The van der Waals surface area contributed by atoms with Gasteiger partial charge in [0.1, 0.15) is 134 Å². The molecule has 0 aromatic heterocycles. The maximum Gasteiger partial charge on any atom is 0.187 e. The Bertz CT molecular complexity index is 1360. The molecule has 0 spiro atoms. The standard InChI is InChI=1S/C33H59NO28/c34-11-14(44)12(42)9(3-37)55-30(11)54-5-8(41)24-17(47)16(46)19(49)32(59-24)62-28-25(7(40)2-36)57-29(53)21(51)27(28)61-33-22(52)26(20(50)23(58-33)6(39)1-35)60-31-18(48)15(45)13(43)10(4-38)56-31/h6-33,35-53H,1-5,34H2/t6-,7-,8-,9+,10+,11+,12+,13+,14+,15-,16-,17-,18+,19-,20+,21-,22-,23+,24+,25+,26-,27+,28+,29-,30+,31+,32+,33+/m0/s1. The quantitative estimate of drug-likeness (QED) is 0.0683. The molecule has 0 aromatic rings. The topological polar surface area (TPSA) is 493 Å². The van der Waals surface area contributed by atoms with Gasteiger partial charge in [0.05, 0.1) is 39.1 Å². The van der Waals surface area contributed by atoms with Crippen LogP contribution in [0, 0.1) is 0 Å². The van der Waals surface area contributed by atoms with Crippen LogP contribution in [0.4, 0.5) is 0 Å². The Morgan fingerprint density at radius 3 is 1.42 bits per heavy atom. The first-order valence-electron chi connectivity index (χ1n) is 19.5. The minimum Gasteiger partial charge on any atom is -0.394 e. The molecule has 21 N–H and O–H groups in total. The van der Waals surface area contributed by atoms with Crippen molar-refractivity contribution in [2.45, 2.75) is 172 Å². The van der Waals surface area contributed by atoms with Crippen LogP contribution in [0.5, 0.6) is 0 Å². The number of nitrogens with two attached hydrogens (primary N) is 1. The van der Waals surface area contributed by atoms with Crippen molar-refractivity contribution < 1.29 is 140 Å². The highest BCUT2D eigenvalue weighted by atomic mass is 16.8. The molecular formula is C33H59NO28. The van der Waals surface area contributed by atoms with Crippen LogP contribution >= 0.6 is 0 Å². The highest BCUT2D eigenvalue weighted by Gasteiger charge is 2.58. The summed E-state index contributed by atoms with van der Waals surface area (Å²) in [6.45, 7) is -4.80. The van der Waals surface area contributed by atoms with Crippen LogP contribution in [-0.4, -0.2) is 302 Å². The highest BCUT2D eigenvalue weighted by Crippen LogP contribution is 2.36. The molecule has 0 amide bonds. The maximum absolute atomic E-state index is 11.5. The summed E-state index contributed by atoms with van der Waals surface area (Å²) >= 11 is 0. The predicted molar refractivity (Wildman–Crippen MR) is 187 cm³/mol. The van der Waals surface area contributed by atoms with Gasteiger partial charge in [0.15, 0.2) is 31.5 Å². The molecule has 5 saturated heterocycles. The summed E-state index contributed by atoms with van der Waals surface area (Å²) in [6.07, 6.45) is -54.2. The molecule has 0 saturated carbocycles. The molecule has 364 valence electrons. The maximum atomic E-state index is 11.5. The van der Waals surface area contributed by atoms with E-state index in [0.717, 1.165) is 0 Å². The van der Waals surface area contributed by atoms with Gasteiger partial charge in [-0.15, -0.1) is 0 Å². The second-order valence-corrected chi connectivity index (χ2v) is 15.6. The average molecular weight is 918 g/mol. The number of hydrogen-bond acceptors (Lipinski definition) is 29. The molecule has 0 unspecified atom stereocenters. The van der Waals surface area contributed by atoms with Gasteiger partial charge in [0, 0.05) is 0 Å². The highest BCUT2D eigenvalue weighted by molar-refractivity contribution is 5.01. The lowest BCUT2D eigenvalue weighted by atomic mass is 9.92. The second-order valence-electron chi connectivity index (χ2n) is 15.6. The van der Waals surface area contributed by atoms with Crippen LogP contribution in [0.15, 0.2) is 0 Å². The molecule has 0 aliphatic carbocycles. The predicted octanol–water partition coefficient (Wildman–Crippen LogP) is -13.9. The Kier molecular flexibility index (Phi) is 18.5. The summed E-state index contributed by atoms with van der Waals surface area (Å²) in [5.74, 6) is 0. The van der Waals surface area contributed by atoms with Crippen molar-refractivity contribution in [3.05, 3.63) is 0 Å². The van der Waals surface area contributed by atoms with Crippen LogP contribution in [0.2, 0.25) is 0 Å². The van der Waals surface area contributed by atoms with E-state index in [9.17, 15) is 97.0 Å². The fraction of sp³-hybridized carbons (Fsp3) is 1.00. The van der Waals surface area contributed by atoms with Gasteiger partial charge in [0.25, 0.3) is 0 Å². The molecule has 28 atom stereocenters. The molecule has 5 heterocycles. The first kappa shape index (κ1) is 51.8. The Balaban J connectivity index is 1.40. The molecule has 0 radical (unpaired) electrons. The third-order valence-electron chi connectivity index (χ3n) is 11.4. The van der Waals surface area contributed by atoms with Gasteiger partial charge in [-0.1, -0.05) is 0 Å². The van der Waals surface area contributed by atoms with Crippen molar-refractivity contribution in [1.82, 2.24) is 0 Å². The minimum atomic E-state index is -2.31. The molecule has 29 nitrogen and oxygen atoms in total. The molecule has 5 aliphatic heterocycles. The largest absolute Gasteiger partial charge is 0.394 e. The van der Waals surface area contributed by atoms with Crippen molar-refractivity contribution >= 4 is 0 Å². The summed E-state index contributed by atoms with van der Waals surface area (Å²) in [7, 11) is 0. The van der Waals surface area contributed by atoms with Gasteiger partial charge in [0.2, 0.25) is 0 Å². The number of aliphatic hydroxyl groups excluding tert-OH is 19. The number of aliphatic hydroxyl groups is 19. The smallest absolute Gasteiger partial charge is 0.187 e. The Morgan fingerprint density at radius 1 is 0.403 bits per heavy atom. The zero-order chi connectivity index (χ0) is 46.1. The molecule has 5 rings (SSSR count). The Labute approximate surface area is 350 Å². The molecule has 5 aliphatic rings. The van der Waals surface area contributed by atoms with Crippen molar-refractivity contribution in [2.75, 3.05) is 33.0 Å². The summed E-state index contributed by atoms with van der Waals surface area (Å²) in [5.41, 5.74) is 5.85. The van der Waals surface area contributed by atoms with Gasteiger partial charge in [-0.25, -0.2) is 0 Å². The van der Waals surface area contributed by atoms with Crippen LogP contribution in [-0.2, 0) is 42.6 Å². The van der Waals surface area contributed by atoms with E-state index in [-0.39, 0.29) is 0 Å². The molecule has 5 fully saturated rings. The van der Waals surface area contributed by atoms with E-state index >= 15 is 0 Å². The van der Waals surface area contributed by atoms with Gasteiger partial charge in [-0.3, -0.25) is 0 Å². The Hall–Kier alpha value is -1.16. The fourth-order valence-corrected chi connectivity index (χ4v) is 7.63. The van der Waals surface area contributed by atoms with Gasteiger partial charge >= 0.3 is 0 Å². The summed E-state index contributed by atoms with van der Waals surface area (Å²) in [5, 5.41) is 199. The van der Waals surface area contributed by atoms with E-state index in [1.807, 2.05) is 0 Å². The van der Waals surface area contributed by atoms with Crippen molar-refractivity contribution in [2.24, 2.45) is 5.73 Å². The molecular weight excluding hydrogens is 858 g/mol. The molecule has 62 heavy (non-hydrogen) atoms. The van der Waals surface area contributed by atoms with E-state index < -0.39 is 205 Å². The fourth-order valence-electron chi connectivity index (χ4n) is 7.63. The van der Waals surface area contributed by atoms with Crippen molar-refractivity contribution in [1.29, 1.82) is 0 Å². The minimum absolute atomic E-state index is 0.774. The molecule has 0 aromatic carbocycles. The molecule has 0 bridgehead atoms. The first-order chi connectivity index (χ1) is 29.2. The van der Waals surface area contributed by atoms with Gasteiger partial charge in [-0.2, -0.15) is 0 Å². The zero-order valence-corrected chi connectivity index (χ0v) is 32.4. The third kappa shape index (κ3) is 10.7.